The molecular weight excluding hydrogens is 375 g/mol. The molecule has 0 spiro atoms. The summed E-state index contributed by atoms with van der Waals surface area (Å²) in [5.74, 6) is -0.0209. The molecule has 1 N–H and O–H groups in total. The third-order valence-electron chi connectivity index (χ3n) is 3.76. The van der Waals surface area contributed by atoms with Crippen molar-refractivity contribution in [1.82, 2.24) is 29.5 Å². The van der Waals surface area contributed by atoms with E-state index in [9.17, 15) is 9.18 Å². The highest BCUT2D eigenvalue weighted by atomic mass is 32.1. The van der Waals surface area contributed by atoms with Crippen LogP contribution in [0.5, 0.6) is 0 Å². The standard InChI is InChI=1S/C16H13FN6OS2/c1-9-13(26-22-20-9)15(24)18-6-5-12-8-25-16-19-14(21-23(12)16)10-3-2-4-11(17)7-10/h2-4,7-8H,5-6H2,1H3,(H,18,24). The lowest BCUT2D eigenvalue weighted by Crippen LogP contribution is -2.25. The quantitative estimate of drug-likeness (QED) is 0.568. The molecule has 0 saturated carbocycles. The largest absolute Gasteiger partial charge is 0.351 e. The summed E-state index contributed by atoms with van der Waals surface area (Å²) in [6, 6.07) is 6.20. The highest BCUT2D eigenvalue weighted by Gasteiger charge is 2.14. The zero-order valence-corrected chi connectivity index (χ0v) is 15.3. The molecule has 0 fully saturated rings. The van der Waals surface area contributed by atoms with Crippen LogP contribution in [0, 0.1) is 12.7 Å². The second-order valence-electron chi connectivity index (χ2n) is 5.56. The molecule has 0 aliphatic heterocycles. The Balaban J connectivity index is 1.47. The van der Waals surface area contributed by atoms with Gasteiger partial charge in [0.1, 0.15) is 10.7 Å². The summed E-state index contributed by atoms with van der Waals surface area (Å²) < 4.78 is 18.9. The van der Waals surface area contributed by atoms with Crippen molar-refractivity contribution in [2.24, 2.45) is 0 Å². The summed E-state index contributed by atoms with van der Waals surface area (Å²) in [7, 11) is 0. The summed E-state index contributed by atoms with van der Waals surface area (Å²) in [6.45, 7) is 2.21. The van der Waals surface area contributed by atoms with Gasteiger partial charge in [-0.2, -0.15) is 4.98 Å². The smallest absolute Gasteiger partial charge is 0.264 e. The van der Waals surface area contributed by atoms with E-state index in [1.54, 1.807) is 23.6 Å². The van der Waals surface area contributed by atoms with Gasteiger partial charge in [0.25, 0.3) is 5.91 Å². The number of nitrogens with one attached hydrogen (secondary N) is 1. The van der Waals surface area contributed by atoms with Crippen molar-refractivity contribution >= 4 is 33.7 Å². The third-order valence-corrected chi connectivity index (χ3v) is 5.45. The molecule has 3 heterocycles. The first-order valence-electron chi connectivity index (χ1n) is 7.78. The maximum Gasteiger partial charge on any atom is 0.264 e. The van der Waals surface area contributed by atoms with Gasteiger partial charge >= 0.3 is 0 Å². The van der Waals surface area contributed by atoms with Crippen LogP contribution in [-0.4, -0.2) is 36.6 Å². The van der Waals surface area contributed by atoms with Crippen LogP contribution in [0.1, 0.15) is 21.1 Å². The van der Waals surface area contributed by atoms with E-state index in [2.05, 4.69) is 25.0 Å². The van der Waals surface area contributed by atoms with Crippen LogP contribution in [0.2, 0.25) is 0 Å². The zero-order valence-electron chi connectivity index (χ0n) is 13.6. The second kappa shape index (κ2) is 6.89. The number of nitrogens with zero attached hydrogens (tertiary/aromatic N) is 5. The summed E-state index contributed by atoms with van der Waals surface area (Å²) in [5.41, 5.74) is 2.19. The van der Waals surface area contributed by atoms with E-state index in [0.717, 1.165) is 22.2 Å². The number of amides is 1. The predicted molar refractivity (Wildman–Crippen MR) is 96.9 cm³/mol. The number of rotatable bonds is 5. The van der Waals surface area contributed by atoms with Gasteiger partial charge in [-0.05, 0) is 30.6 Å². The van der Waals surface area contributed by atoms with Crippen molar-refractivity contribution in [3.63, 3.8) is 0 Å². The fraction of sp³-hybridized carbons (Fsp3) is 0.188. The van der Waals surface area contributed by atoms with Gasteiger partial charge in [-0.1, -0.05) is 16.6 Å². The minimum atomic E-state index is -0.323. The van der Waals surface area contributed by atoms with Gasteiger partial charge in [0.2, 0.25) is 4.96 Å². The average molecular weight is 388 g/mol. The van der Waals surface area contributed by atoms with E-state index < -0.39 is 0 Å². The molecule has 132 valence electrons. The van der Waals surface area contributed by atoms with Gasteiger partial charge in [0, 0.05) is 23.9 Å². The van der Waals surface area contributed by atoms with E-state index in [1.807, 2.05) is 5.38 Å². The molecule has 0 atom stereocenters. The first kappa shape index (κ1) is 16.7. The molecule has 0 unspecified atom stereocenters. The number of carbonyl (C=O) groups excluding carboxylic acids is 1. The molecule has 3 aromatic heterocycles. The van der Waals surface area contributed by atoms with Crippen LogP contribution < -0.4 is 5.32 Å². The Kier molecular flexibility index (Phi) is 4.43. The Labute approximate surface area is 155 Å². The lowest BCUT2D eigenvalue weighted by atomic mass is 10.2. The van der Waals surface area contributed by atoms with E-state index in [1.165, 1.54) is 23.5 Å². The topological polar surface area (TPSA) is 85.1 Å². The average Bonchev–Trinajstić information content (AvgIpc) is 3.31. The molecule has 0 saturated heterocycles. The SMILES string of the molecule is Cc1nnsc1C(=O)NCCc1csc2nc(-c3cccc(F)c3)nn12. The van der Waals surface area contributed by atoms with Crippen LogP contribution in [0.4, 0.5) is 4.39 Å². The minimum absolute atomic E-state index is 0.178. The fourth-order valence-electron chi connectivity index (χ4n) is 2.47. The van der Waals surface area contributed by atoms with Crippen molar-refractivity contribution in [3.8, 4) is 11.4 Å². The number of hydrogen-bond acceptors (Lipinski definition) is 7. The lowest BCUT2D eigenvalue weighted by Gasteiger charge is -2.02. The van der Waals surface area contributed by atoms with Crippen molar-refractivity contribution in [2.75, 3.05) is 6.54 Å². The molecule has 26 heavy (non-hydrogen) atoms. The van der Waals surface area contributed by atoms with Gasteiger partial charge in [0.05, 0.1) is 11.4 Å². The van der Waals surface area contributed by atoms with Gasteiger partial charge in [-0.15, -0.1) is 21.5 Å². The number of hydrogen-bond donors (Lipinski definition) is 1. The highest BCUT2D eigenvalue weighted by Crippen LogP contribution is 2.21. The van der Waals surface area contributed by atoms with Crippen LogP contribution in [-0.2, 0) is 6.42 Å². The van der Waals surface area contributed by atoms with Crippen LogP contribution in [0.25, 0.3) is 16.3 Å². The zero-order chi connectivity index (χ0) is 18.1. The predicted octanol–water partition coefficient (Wildman–Crippen LogP) is 2.73. The third kappa shape index (κ3) is 3.20. The highest BCUT2D eigenvalue weighted by molar-refractivity contribution is 7.15. The Morgan fingerprint density at radius 1 is 1.38 bits per heavy atom. The Hall–Kier alpha value is -2.72. The normalized spacial score (nSPS) is 11.2. The number of aryl methyl sites for hydroxylation is 1. The Bertz CT molecular complexity index is 1090. The van der Waals surface area contributed by atoms with Crippen molar-refractivity contribution < 1.29 is 9.18 Å². The van der Waals surface area contributed by atoms with Gasteiger partial charge in [-0.3, -0.25) is 4.79 Å². The van der Waals surface area contributed by atoms with Gasteiger partial charge < -0.3 is 5.32 Å². The lowest BCUT2D eigenvalue weighted by molar-refractivity contribution is 0.0957. The molecule has 4 aromatic rings. The van der Waals surface area contributed by atoms with E-state index in [0.29, 0.717) is 34.9 Å². The van der Waals surface area contributed by atoms with Gasteiger partial charge in [0.15, 0.2) is 5.82 Å². The van der Waals surface area contributed by atoms with Crippen molar-refractivity contribution in [3.05, 3.63) is 51.7 Å². The van der Waals surface area contributed by atoms with Crippen molar-refractivity contribution in [2.45, 2.75) is 13.3 Å². The maximum absolute atomic E-state index is 13.4. The molecule has 1 aromatic carbocycles. The number of benzene rings is 1. The molecule has 10 heteroatoms. The first-order valence-corrected chi connectivity index (χ1v) is 9.43. The van der Waals surface area contributed by atoms with Crippen LogP contribution in [0.3, 0.4) is 0 Å². The minimum Gasteiger partial charge on any atom is -0.351 e. The summed E-state index contributed by atoms with van der Waals surface area (Å²) in [4.78, 5) is 17.8. The Morgan fingerprint density at radius 2 is 2.27 bits per heavy atom. The van der Waals surface area contributed by atoms with Crippen LogP contribution in [0.15, 0.2) is 29.6 Å². The van der Waals surface area contributed by atoms with E-state index in [-0.39, 0.29) is 11.7 Å². The number of carbonyl (C=O) groups is 1. The molecule has 0 radical (unpaired) electrons. The summed E-state index contributed by atoms with van der Waals surface area (Å²) in [5, 5.41) is 13.1. The maximum atomic E-state index is 13.4. The fourth-order valence-corrected chi connectivity index (χ4v) is 3.90. The number of thiazole rings is 1. The molecule has 0 bridgehead atoms. The van der Waals surface area contributed by atoms with E-state index in [4.69, 9.17) is 0 Å². The number of aromatic nitrogens is 5. The first-order chi connectivity index (χ1) is 12.6. The monoisotopic (exact) mass is 388 g/mol. The van der Waals surface area contributed by atoms with E-state index >= 15 is 0 Å². The second-order valence-corrected chi connectivity index (χ2v) is 7.15. The Morgan fingerprint density at radius 3 is 3.04 bits per heavy atom. The number of fused-ring (bicyclic) bond motifs is 1. The van der Waals surface area contributed by atoms with Crippen molar-refractivity contribution in [1.29, 1.82) is 0 Å². The summed E-state index contributed by atoms with van der Waals surface area (Å²) in [6.07, 6.45) is 0.600. The molecule has 4 rings (SSSR count). The van der Waals surface area contributed by atoms with Gasteiger partial charge in [-0.25, -0.2) is 8.91 Å². The molecular formula is C16H13FN6OS2. The molecule has 0 aliphatic rings. The summed E-state index contributed by atoms with van der Waals surface area (Å²) >= 11 is 2.54. The van der Waals surface area contributed by atoms with Crippen LogP contribution >= 0.6 is 22.9 Å². The molecule has 0 aliphatic carbocycles. The molecule has 7 nitrogen and oxygen atoms in total. The molecule has 1 amide bonds. The number of halogens is 1.